The van der Waals surface area contributed by atoms with E-state index in [-0.39, 0.29) is 17.7 Å². The van der Waals surface area contributed by atoms with Crippen LogP contribution in [0.2, 0.25) is 0 Å². The van der Waals surface area contributed by atoms with Crippen molar-refractivity contribution in [1.29, 1.82) is 10.5 Å². The number of fused-ring (bicyclic) bond motifs is 1. The van der Waals surface area contributed by atoms with Crippen molar-refractivity contribution in [2.45, 2.75) is 24.4 Å². The van der Waals surface area contributed by atoms with Gasteiger partial charge in [-0.25, -0.2) is 4.98 Å². The molecule has 1 aliphatic rings. The summed E-state index contributed by atoms with van der Waals surface area (Å²) < 4.78 is 38.9. The highest BCUT2D eigenvalue weighted by molar-refractivity contribution is 5.54. The summed E-state index contributed by atoms with van der Waals surface area (Å²) in [7, 11) is 0. The zero-order valence-corrected chi connectivity index (χ0v) is 11.7. The molecule has 7 heteroatoms. The molecule has 0 amide bonds. The molecule has 3 rings (SSSR count). The van der Waals surface area contributed by atoms with E-state index < -0.39 is 17.3 Å². The smallest absolute Gasteiger partial charge is 0.261 e. The molecule has 0 aliphatic heterocycles. The number of hydrogen-bond donors (Lipinski definition) is 0. The van der Waals surface area contributed by atoms with Crippen LogP contribution in [0.5, 0.6) is 0 Å². The van der Waals surface area contributed by atoms with Gasteiger partial charge < -0.3 is 0 Å². The molecule has 0 spiro atoms. The summed E-state index contributed by atoms with van der Waals surface area (Å²) in [6, 6.07) is 9.02. The first-order valence-corrected chi connectivity index (χ1v) is 6.77. The molecule has 1 unspecified atom stereocenters. The quantitative estimate of drug-likeness (QED) is 0.810. The molecule has 2 aromatic rings. The lowest BCUT2D eigenvalue weighted by molar-refractivity contribution is -0.141. The predicted octanol–water partition coefficient (Wildman–Crippen LogP) is 3.12. The number of aromatic nitrogens is 2. The Bertz CT molecular complexity index is 861. The second-order valence-corrected chi connectivity index (χ2v) is 5.22. The molecule has 114 valence electrons. The number of hydrogen-bond acceptors (Lipinski definition) is 4. The third-order valence-corrected chi connectivity index (χ3v) is 3.99. The van der Waals surface area contributed by atoms with E-state index in [0.717, 1.165) is 12.1 Å². The molecule has 0 saturated heterocycles. The zero-order chi connectivity index (χ0) is 16.7. The molecular weight excluding hydrogens is 305 g/mol. The number of aryl methyl sites for hydroxylation is 1. The highest BCUT2D eigenvalue weighted by Gasteiger charge is 2.45. The van der Waals surface area contributed by atoms with Gasteiger partial charge in [0.25, 0.3) is 0 Å². The first-order valence-electron chi connectivity index (χ1n) is 6.77. The standard InChI is InChI=1S/C16H9F3N4/c17-16(18,19)13-4-3-10(8-20)14(23-13)15(9-21)6-5-12-11(15)2-1-7-22-12/h1-4,7H,5-6H2. The summed E-state index contributed by atoms with van der Waals surface area (Å²) in [4.78, 5) is 7.81. The van der Waals surface area contributed by atoms with Gasteiger partial charge in [-0.2, -0.15) is 23.7 Å². The number of nitriles is 2. The van der Waals surface area contributed by atoms with Gasteiger partial charge in [0.1, 0.15) is 17.2 Å². The van der Waals surface area contributed by atoms with Crippen LogP contribution >= 0.6 is 0 Å². The van der Waals surface area contributed by atoms with Crippen molar-refractivity contribution >= 4 is 0 Å². The molecule has 0 bridgehead atoms. The Morgan fingerprint density at radius 1 is 1.17 bits per heavy atom. The maximum absolute atomic E-state index is 13.0. The van der Waals surface area contributed by atoms with Crippen molar-refractivity contribution in [2.24, 2.45) is 0 Å². The minimum absolute atomic E-state index is 0.0312. The van der Waals surface area contributed by atoms with Gasteiger partial charge in [-0.05, 0) is 36.6 Å². The number of pyridine rings is 2. The summed E-state index contributed by atoms with van der Waals surface area (Å²) in [6.45, 7) is 0. The van der Waals surface area contributed by atoms with E-state index >= 15 is 0 Å². The second-order valence-electron chi connectivity index (χ2n) is 5.22. The second kappa shape index (κ2) is 5.06. The Morgan fingerprint density at radius 3 is 2.61 bits per heavy atom. The molecule has 0 aromatic carbocycles. The molecule has 2 heterocycles. The molecule has 23 heavy (non-hydrogen) atoms. The lowest BCUT2D eigenvalue weighted by Gasteiger charge is -2.23. The number of rotatable bonds is 1. The maximum Gasteiger partial charge on any atom is 0.433 e. The monoisotopic (exact) mass is 314 g/mol. The summed E-state index contributed by atoms with van der Waals surface area (Å²) in [5, 5.41) is 19.0. The van der Waals surface area contributed by atoms with Gasteiger partial charge in [-0.1, -0.05) is 6.07 Å². The molecule has 0 saturated carbocycles. The summed E-state index contributed by atoms with van der Waals surface area (Å²) in [5.41, 5.74) is -1.50. The highest BCUT2D eigenvalue weighted by atomic mass is 19.4. The highest BCUT2D eigenvalue weighted by Crippen LogP contribution is 2.44. The first-order chi connectivity index (χ1) is 10.9. The molecule has 2 aromatic heterocycles. The van der Waals surface area contributed by atoms with Crippen molar-refractivity contribution in [3.8, 4) is 12.1 Å². The average Bonchev–Trinajstić information content (AvgIpc) is 2.93. The van der Waals surface area contributed by atoms with Crippen LogP contribution in [0.15, 0.2) is 30.5 Å². The van der Waals surface area contributed by atoms with Crippen LogP contribution in [0.1, 0.15) is 34.6 Å². The third kappa shape index (κ3) is 2.22. The summed E-state index contributed by atoms with van der Waals surface area (Å²) in [6.07, 6.45) is -2.38. The number of nitrogens with zero attached hydrogens (tertiary/aromatic N) is 4. The van der Waals surface area contributed by atoms with Crippen molar-refractivity contribution in [3.63, 3.8) is 0 Å². The van der Waals surface area contributed by atoms with E-state index in [1.807, 2.05) is 6.07 Å². The minimum Gasteiger partial charge on any atom is -0.261 e. The lowest BCUT2D eigenvalue weighted by Crippen LogP contribution is -2.27. The Morgan fingerprint density at radius 2 is 1.96 bits per heavy atom. The molecule has 0 fully saturated rings. The SMILES string of the molecule is N#Cc1ccc(C(F)(F)F)nc1C1(C#N)CCc2ncccc21. The molecule has 1 aliphatic carbocycles. The Hall–Kier alpha value is -2.93. The lowest BCUT2D eigenvalue weighted by atomic mass is 9.78. The van der Waals surface area contributed by atoms with E-state index in [0.29, 0.717) is 17.7 Å². The fourth-order valence-corrected chi connectivity index (χ4v) is 2.91. The fraction of sp³-hybridized carbons (Fsp3) is 0.250. The van der Waals surface area contributed by atoms with E-state index in [1.54, 1.807) is 18.3 Å². The normalized spacial score (nSPS) is 19.7. The zero-order valence-electron chi connectivity index (χ0n) is 11.7. The van der Waals surface area contributed by atoms with Crippen molar-refractivity contribution in [1.82, 2.24) is 9.97 Å². The topological polar surface area (TPSA) is 73.4 Å². The largest absolute Gasteiger partial charge is 0.433 e. The van der Waals surface area contributed by atoms with Crippen LogP contribution in [-0.4, -0.2) is 9.97 Å². The summed E-state index contributed by atoms with van der Waals surface area (Å²) in [5.74, 6) is 0. The molecule has 0 radical (unpaired) electrons. The Balaban J connectivity index is 2.29. The van der Waals surface area contributed by atoms with E-state index in [2.05, 4.69) is 16.0 Å². The van der Waals surface area contributed by atoms with Crippen LogP contribution in [0.25, 0.3) is 0 Å². The van der Waals surface area contributed by atoms with Crippen LogP contribution in [-0.2, 0) is 18.0 Å². The van der Waals surface area contributed by atoms with Gasteiger partial charge in [-0.3, -0.25) is 4.98 Å². The van der Waals surface area contributed by atoms with Crippen LogP contribution in [0.3, 0.4) is 0 Å². The molecular formula is C16H9F3N4. The van der Waals surface area contributed by atoms with Crippen molar-refractivity contribution in [3.05, 3.63) is 58.7 Å². The van der Waals surface area contributed by atoms with Gasteiger partial charge in [0.05, 0.1) is 17.3 Å². The van der Waals surface area contributed by atoms with Gasteiger partial charge >= 0.3 is 6.18 Å². The number of halogens is 3. The Labute approximate surface area is 129 Å². The van der Waals surface area contributed by atoms with E-state index in [1.165, 1.54) is 0 Å². The van der Waals surface area contributed by atoms with E-state index in [4.69, 9.17) is 0 Å². The minimum atomic E-state index is -4.64. The fourth-order valence-electron chi connectivity index (χ4n) is 2.91. The molecule has 1 atom stereocenters. The van der Waals surface area contributed by atoms with Crippen LogP contribution in [0, 0.1) is 22.7 Å². The third-order valence-electron chi connectivity index (χ3n) is 3.99. The predicted molar refractivity (Wildman–Crippen MR) is 72.9 cm³/mol. The molecule has 4 nitrogen and oxygen atoms in total. The van der Waals surface area contributed by atoms with E-state index in [9.17, 15) is 23.7 Å². The van der Waals surface area contributed by atoms with Crippen LogP contribution in [0.4, 0.5) is 13.2 Å². The van der Waals surface area contributed by atoms with Gasteiger partial charge in [0, 0.05) is 11.9 Å². The molecule has 0 N–H and O–H groups in total. The van der Waals surface area contributed by atoms with Gasteiger partial charge in [-0.15, -0.1) is 0 Å². The van der Waals surface area contributed by atoms with Gasteiger partial charge in [0.15, 0.2) is 0 Å². The van der Waals surface area contributed by atoms with Gasteiger partial charge in [0.2, 0.25) is 0 Å². The number of alkyl halides is 3. The van der Waals surface area contributed by atoms with Crippen molar-refractivity contribution in [2.75, 3.05) is 0 Å². The maximum atomic E-state index is 13.0. The summed E-state index contributed by atoms with van der Waals surface area (Å²) >= 11 is 0. The average molecular weight is 314 g/mol. The Kier molecular flexibility index (Phi) is 3.30. The van der Waals surface area contributed by atoms with Crippen molar-refractivity contribution < 1.29 is 13.2 Å². The van der Waals surface area contributed by atoms with Crippen LogP contribution < -0.4 is 0 Å². The first kappa shape index (κ1) is 15.0.